The molecule has 3 amide bonds. The maximum Gasteiger partial charge on any atom is 0.234 e. The normalized spacial score (nSPS) is 17.6. The number of amides is 3. The molecule has 1 N–H and O–H groups in total. The second-order valence-corrected chi connectivity index (χ2v) is 9.14. The Morgan fingerprint density at radius 2 is 1.75 bits per heavy atom. The van der Waals surface area contributed by atoms with Crippen molar-refractivity contribution in [3.63, 3.8) is 0 Å². The molecule has 0 aliphatic carbocycles. The Bertz CT molecular complexity index is 716. The molecular weight excluding hydrogens is 442 g/mol. The average molecular weight is 468 g/mol. The van der Waals surface area contributed by atoms with Crippen LogP contribution in [0.1, 0.15) is 25.7 Å². The number of halogens is 1. The van der Waals surface area contributed by atoms with Crippen LogP contribution in [0.4, 0.5) is 5.69 Å². The molecule has 0 spiro atoms. The Labute approximate surface area is 178 Å². The number of nitrogens with one attached hydrogen (secondary N) is 1. The van der Waals surface area contributed by atoms with Crippen molar-refractivity contribution in [2.45, 2.75) is 25.7 Å². The predicted octanol–water partition coefficient (Wildman–Crippen LogP) is 2.98. The van der Waals surface area contributed by atoms with Gasteiger partial charge in [0.2, 0.25) is 17.7 Å². The first kappa shape index (κ1) is 21.2. The summed E-state index contributed by atoms with van der Waals surface area (Å²) >= 11 is 4.69. The van der Waals surface area contributed by atoms with Crippen molar-refractivity contribution in [3.8, 4) is 0 Å². The van der Waals surface area contributed by atoms with Gasteiger partial charge in [-0.2, -0.15) is 0 Å². The quantitative estimate of drug-likeness (QED) is 0.697. The highest BCUT2D eigenvalue weighted by molar-refractivity contribution is 9.10. The lowest BCUT2D eigenvalue weighted by molar-refractivity contribution is -0.139. The Morgan fingerprint density at radius 3 is 2.43 bits per heavy atom. The summed E-state index contributed by atoms with van der Waals surface area (Å²) in [6, 6.07) is 7.41. The van der Waals surface area contributed by atoms with Crippen LogP contribution in [-0.4, -0.2) is 65.2 Å². The molecule has 0 unspecified atom stereocenters. The van der Waals surface area contributed by atoms with E-state index in [2.05, 4.69) is 21.2 Å². The monoisotopic (exact) mass is 467 g/mol. The first-order valence-corrected chi connectivity index (χ1v) is 11.7. The van der Waals surface area contributed by atoms with Gasteiger partial charge in [-0.15, -0.1) is 11.8 Å². The van der Waals surface area contributed by atoms with Gasteiger partial charge in [-0.1, -0.05) is 22.0 Å². The van der Waals surface area contributed by atoms with E-state index in [1.54, 1.807) is 0 Å². The van der Waals surface area contributed by atoms with E-state index >= 15 is 0 Å². The van der Waals surface area contributed by atoms with E-state index in [4.69, 9.17) is 0 Å². The van der Waals surface area contributed by atoms with Crippen LogP contribution in [0.2, 0.25) is 0 Å². The first-order chi connectivity index (χ1) is 13.5. The molecule has 2 fully saturated rings. The predicted molar refractivity (Wildman–Crippen MR) is 115 cm³/mol. The van der Waals surface area contributed by atoms with Crippen LogP contribution in [0.25, 0.3) is 0 Å². The number of anilines is 1. The van der Waals surface area contributed by atoms with Crippen LogP contribution in [0.5, 0.6) is 0 Å². The zero-order valence-electron chi connectivity index (χ0n) is 15.9. The minimum absolute atomic E-state index is 0.0485. The van der Waals surface area contributed by atoms with Gasteiger partial charge in [-0.3, -0.25) is 14.4 Å². The van der Waals surface area contributed by atoms with Crippen molar-refractivity contribution < 1.29 is 14.4 Å². The van der Waals surface area contributed by atoms with E-state index in [-0.39, 0.29) is 35.1 Å². The van der Waals surface area contributed by atoms with Gasteiger partial charge in [-0.25, -0.2) is 0 Å². The van der Waals surface area contributed by atoms with Crippen molar-refractivity contribution in [2.75, 3.05) is 43.0 Å². The molecule has 28 heavy (non-hydrogen) atoms. The molecule has 8 heteroatoms. The zero-order valence-corrected chi connectivity index (χ0v) is 18.3. The van der Waals surface area contributed by atoms with Crippen LogP contribution >= 0.6 is 27.7 Å². The molecule has 6 nitrogen and oxygen atoms in total. The van der Waals surface area contributed by atoms with Crippen molar-refractivity contribution in [2.24, 2.45) is 5.92 Å². The fourth-order valence-corrected chi connectivity index (χ4v) is 4.77. The third kappa shape index (κ3) is 5.98. The minimum atomic E-state index is -0.120. The molecule has 0 saturated carbocycles. The summed E-state index contributed by atoms with van der Waals surface area (Å²) in [4.78, 5) is 40.7. The van der Waals surface area contributed by atoms with Gasteiger partial charge >= 0.3 is 0 Å². The molecule has 2 saturated heterocycles. The maximum absolute atomic E-state index is 12.5. The highest BCUT2D eigenvalue weighted by Crippen LogP contribution is 2.22. The van der Waals surface area contributed by atoms with E-state index in [0.717, 1.165) is 48.9 Å². The van der Waals surface area contributed by atoms with Crippen LogP contribution in [0.3, 0.4) is 0 Å². The molecule has 2 heterocycles. The minimum Gasteiger partial charge on any atom is -0.342 e. The van der Waals surface area contributed by atoms with Crippen LogP contribution in [0.15, 0.2) is 28.7 Å². The van der Waals surface area contributed by atoms with Crippen molar-refractivity contribution >= 4 is 51.1 Å². The molecule has 152 valence electrons. The molecule has 0 atom stereocenters. The van der Waals surface area contributed by atoms with E-state index in [0.29, 0.717) is 13.1 Å². The molecule has 0 bridgehead atoms. The molecule has 1 aromatic rings. The molecule has 0 aromatic heterocycles. The van der Waals surface area contributed by atoms with E-state index in [9.17, 15) is 14.4 Å². The highest BCUT2D eigenvalue weighted by atomic mass is 79.9. The number of nitrogens with zero attached hydrogens (tertiary/aromatic N) is 2. The van der Waals surface area contributed by atoms with Crippen molar-refractivity contribution in [1.82, 2.24) is 9.80 Å². The van der Waals surface area contributed by atoms with Gasteiger partial charge in [0.05, 0.1) is 11.5 Å². The lowest BCUT2D eigenvalue weighted by atomic mass is 9.95. The number of likely N-dealkylation sites (tertiary alicyclic amines) is 2. The van der Waals surface area contributed by atoms with Crippen LogP contribution < -0.4 is 5.32 Å². The molecule has 1 aromatic carbocycles. The van der Waals surface area contributed by atoms with Gasteiger partial charge in [0.15, 0.2) is 0 Å². The number of carbonyl (C=O) groups is 3. The van der Waals surface area contributed by atoms with Crippen molar-refractivity contribution in [1.29, 1.82) is 0 Å². The van der Waals surface area contributed by atoms with Gasteiger partial charge in [0.1, 0.15) is 0 Å². The van der Waals surface area contributed by atoms with Gasteiger partial charge < -0.3 is 15.1 Å². The summed E-state index contributed by atoms with van der Waals surface area (Å²) in [5.74, 6) is 0.783. The number of thioether (sulfide) groups is 1. The fraction of sp³-hybridized carbons (Fsp3) is 0.550. The number of hydrogen-bond donors (Lipinski definition) is 1. The summed E-state index contributed by atoms with van der Waals surface area (Å²) in [5, 5.41) is 2.82. The van der Waals surface area contributed by atoms with Gasteiger partial charge in [0.25, 0.3) is 0 Å². The largest absolute Gasteiger partial charge is 0.342 e. The Hall–Kier alpha value is -1.54. The van der Waals surface area contributed by atoms with E-state index in [1.165, 1.54) is 11.8 Å². The lowest BCUT2D eigenvalue weighted by Gasteiger charge is -2.33. The summed E-state index contributed by atoms with van der Waals surface area (Å²) < 4.78 is 0.903. The average Bonchev–Trinajstić information content (AvgIpc) is 3.22. The Kier molecular flexibility index (Phi) is 7.79. The maximum atomic E-state index is 12.5. The number of carbonyl (C=O) groups excluding carboxylic acids is 3. The highest BCUT2D eigenvalue weighted by Gasteiger charge is 2.31. The van der Waals surface area contributed by atoms with Crippen LogP contribution in [0, 0.1) is 5.92 Å². The Balaban J connectivity index is 1.34. The van der Waals surface area contributed by atoms with E-state index in [1.807, 2.05) is 34.1 Å². The number of hydrogen-bond acceptors (Lipinski definition) is 4. The summed E-state index contributed by atoms with van der Waals surface area (Å²) in [7, 11) is 0. The van der Waals surface area contributed by atoms with Gasteiger partial charge in [0, 0.05) is 42.3 Å². The van der Waals surface area contributed by atoms with Crippen molar-refractivity contribution in [3.05, 3.63) is 28.7 Å². The molecular formula is C20H26BrN3O3S. The topological polar surface area (TPSA) is 69.7 Å². The lowest BCUT2D eigenvalue weighted by Crippen LogP contribution is -2.44. The molecule has 2 aliphatic rings. The number of benzene rings is 1. The summed E-state index contributed by atoms with van der Waals surface area (Å²) in [6.45, 7) is 3.04. The molecule has 0 radical (unpaired) electrons. The fourth-order valence-electron chi connectivity index (χ4n) is 3.66. The Morgan fingerprint density at radius 1 is 1.04 bits per heavy atom. The molecule has 3 rings (SSSR count). The third-order valence-electron chi connectivity index (χ3n) is 5.18. The molecule has 2 aliphatic heterocycles. The SMILES string of the molecule is O=C(CSCC(=O)N1CCC(C(=O)N2CCCC2)CC1)Nc1cccc(Br)c1. The third-order valence-corrected chi connectivity index (χ3v) is 6.59. The number of rotatable bonds is 6. The van der Waals surface area contributed by atoms with Gasteiger partial charge in [-0.05, 0) is 43.9 Å². The summed E-state index contributed by atoms with van der Waals surface area (Å²) in [5.41, 5.74) is 0.732. The van der Waals surface area contributed by atoms with Crippen LogP contribution in [-0.2, 0) is 14.4 Å². The standard InChI is InChI=1S/C20H26BrN3O3S/c21-16-4-3-5-17(12-16)22-18(25)13-28-14-19(26)23-10-6-15(7-11-23)20(27)24-8-1-2-9-24/h3-5,12,15H,1-2,6-11,13-14H2,(H,22,25). The van der Waals surface area contributed by atoms with E-state index < -0.39 is 0 Å². The second kappa shape index (κ2) is 10.3. The number of piperidine rings is 1. The zero-order chi connectivity index (χ0) is 19.9. The first-order valence-electron chi connectivity index (χ1n) is 9.72. The smallest absolute Gasteiger partial charge is 0.234 e. The second-order valence-electron chi connectivity index (χ2n) is 7.24. The summed E-state index contributed by atoms with van der Waals surface area (Å²) in [6.07, 6.45) is 3.70.